The molecule has 0 aliphatic heterocycles. The molecule has 2 unspecified atom stereocenters. The van der Waals surface area contributed by atoms with Crippen molar-refractivity contribution in [2.45, 2.75) is 279 Å². The van der Waals surface area contributed by atoms with Crippen molar-refractivity contribution in [3.05, 3.63) is 18.2 Å². The van der Waals surface area contributed by atoms with E-state index in [1.807, 2.05) is 24.7 Å². The molecule has 2 atom stereocenters. The van der Waals surface area contributed by atoms with E-state index >= 15 is 0 Å². The van der Waals surface area contributed by atoms with Crippen molar-refractivity contribution in [1.82, 2.24) is 14.5 Å². The van der Waals surface area contributed by atoms with E-state index in [9.17, 15) is 4.79 Å². The molecule has 1 aromatic rings. The lowest BCUT2D eigenvalue weighted by molar-refractivity contribution is -0.145. The van der Waals surface area contributed by atoms with E-state index in [1.165, 1.54) is 238 Å². The van der Waals surface area contributed by atoms with Gasteiger partial charge in [0.05, 0.1) is 6.61 Å². The number of esters is 1. The van der Waals surface area contributed by atoms with Crippen molar-refractivity contribution >= 4 is 5.97 Å². The predicted octanol–water partition coefficient (Wildman–Crippen LogP) is 17.3. The second-order valence-corrected chi connectivity index (χ2v) is 19.3. The molecule has 0 aliphatic carbocycles. The SMILES string of the molecule is CCCCCCCCCC(CCCCCC)COC(=O)CCCCCCCN(CC)CCCCCCCCOCC(CCCCCC)CCCCCCCC.Cc1nccn1C. The van der Waals surface area contributed by atoms with Crippen LogP contribution in [-0.4, -0.2) is 59.9 Å². The summed E-state index contributed by atoms with van der Waals surface area (Å²) < 4.78 is 14.0. The monoisotopic (exact) mass is 874 g/mol. The maximum Gasteiger partial charge on any atom is 0.305 e. The Balaban J connectivity index is 0.00000478. The molecule has 1 rings (SSSR count). The van der Waals surface area contributed by atoms with Gasteiger partial charge in [0.15, 0.2) is 0 Å². The van der Waals surface area contributed by atoms with Crippen molar-refractivity contribution < 1.29 is 14.3 Å². The zero-order valence-corrected chi connectivity index (χ0v) is 43.3. The number of hydrogen-bond acceptors (Lipinski definition) is 5. The minimum absolute atomic E-state index is 0.0411. The third-order valence-corrected chi connectivity index (χ3v) is 13.3. The molecule has 0 N–H and O–H groups in total. The summed E-state index contributed by atoms with van der Waals surface area (Å²) in [5, 5.41) is 0. The second-order valence-electron chi connectivity index (χ2n) is 19.3. The Bertz CT molecular complexity index is 998. The molecule has 0 spiro atoms. The number of hydrogen-bond donors (Lipinski definition) is 0. The summed E-state index contributed by atoms with van der Waals surface area (Å²) in [5.41, 5.74) is 0. The molecule has 6 nitrogen and oxygen atoms in total. The number of unbranched alkanes of at least 4 members (excludes halogenated alkanes) is 26. The van der Waals surface area contributed by atoms with Crippen LogP contribution in [-0.2, 0) is 21.3 Å². The van der Waals surface area contributed by atoms with E-state index in [2.05, 4.69) is 44.5 Å². The second kappa shape index (κ2) is 49.0. The van der Waals surface area contributed by atoms with Crippen LogP contribution in [0.25, 0.3) is 0 Å². The molecule has 62 heavy (non-hydrogen) atoms. The Morgan fingerprint density at radius 1 is 0.532 bits per heavy atom. The fourth-order valence-electron chi connectivity index (χ4n) is 8.73. The zero-order chi connectivity index (χ0) is 45.4. The van der Waals surface area contributed by atoms with Gasteiger partial charge in [0.2, 0.25) is 0 Å². The van der Waals surface area contributed by atoms with Gasteiger partial charge in [0, 0.05) is 39.1 Å². The van der Waals surface area contributed by atoms with Gasteiger partial charge in [-0.3, -0.25) is 4.79 Å². The van der Waals surface area contributed by atoms with Gasteiger partial charge in [-0.05, 0) is 89.8 Å². The molecule has 368 valence electrons. The number of imidazole rings is 1. The van der Waals surface area contributed by atoms with Crippen LogP contribution in [0.5, 0.6) is 0 Å². The van der Waals surface area contributed by atoms with Crippen LogP contribution in [0.3, 0.4) is 0 Å². The number of aromatic nitrogens is 2. The Morgan fingerprint density at radius 3 is 1.32 bits per heavy atom. The topological polar surface area (TPSA) is 56.6 Å². The Morgan fingerprint density at radius 2 is 0.919 bits per heavy atom. The number of aryl methyl sites for hydroxylation is 2. The highest BCUT2D eigenvalue weighted by Gasteiger charge is 2.13. The fraction of sp³-hybridized carbons (Fsp3) is 0.929. The summed E-state index contributed by atoms with van der Waals surface area (Å²) in [6.45, 7) is 19.7. The third kappa shape index (κ3) is 42.5. The molecule has 0 aliphatic rings. The van der Waals surface area contributed by atoms with Crippen LogP contribution in [0, 0.1) is 18.8 Å². The standard InChI is InChI=1S/C51H103NO3.C5H8N2/c1-6-11-15-19-21-26-34-42-50(41-32-18-14-9-4)48-55-51(53)43-35-27-24-29-37-45-52(10-5)44-36-28-22-23-30-38-46-54-47-49(39-31-17-13-8-3)40-33-25-20-16-12-7-2;1-5-6-3-4-7(5)2/h49-50H,6-48H2,1-5H3;3-4H,1-2H3. The number of nitrogens with zero attached hydrogens (tertiary/aromatic N) is 3. The minimum Gasteiger partial charge on any atom is -0.465 e. The van der Waals surface area contributed by atoms with Gasteiger partial charge in [-0.1, -0.05) is 214 Å². The van der Waals surface area contributed by atoms with Gasteiger partial charge >= 0.3 is 5.97 Å². The Labute approximate surface area is 389 Å². The fourth-order valence-corrected chi connectivity index (χ4v) is 8.73. The molecule has 1 heterocycles. The molecule has 0 radical (unpaired) electrons. The predicted molar refractivity (Wildman–Crippen MR) is 272 cm³/mol. The molecule has 6 heteroatoms. The molecule has 1 aromatic heterocycles. The first kappa shape index (κ1) is 60.6. The van der Waals surface area contributed by atoms with Crippen molar-refractivity contribution in [3.63, 3.8) is 0 Å². The number of ether oxygens (including phenoxy) is 2. The summed E-state index contributed by atoms with van der Waals surface area (Å²) in [4.78, 5) is 19.2. The lowest BCUT2D eigenvalue weighted by Crippen LogP contribution is -2.25. The van der Waals surface area contributed by atoms with Crippen molar-refractivity contribution in [1.29, 1.82) is 0 Å². The first-order chi connectivity index (χ1) is 30.4. The highest BCUT2D eigenvalue weighted by atomic mass is 16.5. The van der Waals surface area contributed by atoms with E-state index in [0.717, 1.165) is 37.8 Å². The van der Waals surface area contributed by atoms with Crippen LogP contribution < -0.4 is 0 Å². The number of rotatable bonds is 47. The third-order valence-electron chi connectivity index (χ3n) is 13.3. The number of carbonyl (C=O) groups excluding carboxylic acids is 1. The van der Waals surface area contributed by atoms with E-state index in [1.54, 1.807) is 6.20 Å². The number of carbonyl (C=O) groups is 1. The molecule has 0 saturated heterocycles. The van der Waals surface area contributed by atoms with Crippen molar-refractivity contribution in [2.75, 3.05) is 39.5 Å². The lowest BCUT2D eigenvalue weighted by atomic mass is 9.95. The first-order valence-electron chi connectivity index (χ1n) is 27.8. The normalized spacial score (nSPS) is 12.5. The van der Waals surface area contributed by atoms with E-state index < -0.39 is 0 Å². The largest absolute Gasteiger partial charge is 0.465 e. The summed E-state index contributed by atoms with van der Waals surface area (Å²) in [6, 6.07) is 0. The van der Waals surface area contributed by atoms with Gasteiger partial charge < -0.3 is 18.9 Å². The molecule has 0 aromatic carbocycles. The maximum absolute atomic E-state index is 12.5. The molecule has 0 amide bonds. The molecule has 0 fully saturated rings. The summed E-state index contributed by atoms with van der Waals surface area (Å²) in [5.74, 6) is 2.45. The molecular weight excluding hydrogens is 763 g/mol. The van der Waals surface area contributed by atoms with Crippen molar-refractivity contribution in [3.8, 4) is 0 Å². The van der Waals surface area contributed by atoms with Crippen LogP contribution in [0.2, 0.25) is 0 Å². The van der Waals surface area contributed by atoms with Gasteiger partial charge in [0.1, 0.15) is 5.82 Å². The smallest absolute Gasteiger partial charge is 0.305 e. The summed E-state index contributed by atoms with van der Waals surface area (Å²) in [6.07, 6.45) is 52.1. The first-order valence-corrected chi connectivity index (χ1v) is 27.8. The highest BCUT2D eigenvalue weighted by Crippen LogP contribution is 2.22. The summed E-state index contributed by atoms with van der Waals surface area (Å²) >= 11 is 0. The molecule has 0 bridgehead atoms. The lowest BCUT2D eigenvalue weighted by Gasteiger charge is -2.20. The Hall–Kier alpha value is -1.40. The van der Waals surface area contributed by atoms with E-state index in [0.29, 0.717) is 18.9 Å². The van der Waals surface area contributed by atoms with Gasteiger partial charge in [-0.25, -0.2) is 4.98 Å². The highest BCUT2D eigenvalue weighted by molar-refractivity contribution is 5.69. The van der Waals surface area contributed by atoms with Crippen LogP contribution in [0.4, 0.5) is 0 Å². The van der Waals surface area contributed by atoms with Gasteiger partial charge in [-0.2, -0.15) is 0 Å². The maximum atomic E-state index is 12.5. The minimum atomic E-state index is 0.0411. The summed E-state index contributed by atoms with van der Waals surface area (Å²) in [7, 11) is 1.97. The van der Waals surface area contributed by atoms with Crippen LogP contribution in [0.15, 0.2) is 12.4 Å². The van der Waals surface area contributed by atoms with E-state index in [-0.39, 0.29) is 5.97 Å². The van der Waals surface area contributed by atoms with Gasteiger partial charge in [-0.15, -0.1) is 0 Å². The quantitative estimate of drug-likeness (QED) is 0.0482. The van der Waals surface area contributed by atoms with Crippen LogP contribution >= 0.6 is 0 Å². The average Bonchev–Trinajstić information content (AvgIpc) is 3.66. The Kier molecular flexibility index (Phi) is 47.9. The molecule has 0 saturated carbocycles. The van der Waals surface area contributed by atoms with Crippen LogP contribution in [0.1, 0.15) is 278 Å². The zero-order valence-electron chi connectivity index (χ0n) is 43.3. The average molecular weight is 875 g/mol. The van der Waals surface area contributed by atoms with Gasteiger partial charge in [0.25, 0.3) is 0 Å². The van der Waals surface area contributed by atoms with E-state index in [4.69, 9.17) is 9.47 Å². The molecular formula is C56H111N3O3. The van der Waals surface area contributed by atoms with Crippen molar-refractivity contribution in [2.24, 2.45) is 18.9 Å².